The SMILES string of the molecule is Cc1ccc2oc(C(O)c3cncs3)cc2c1. The Kier molecular flexibility index (Phi) is 2.46. The largest absolute Gasteiger partial charge is 0.458 e. The Morgan fingerprint density at radius 2 is 2.24 bits per heavy atom. The molecule has 17 heavy (non-hydrogen) atoms. The van der Waals surface area contributed by atoms with E-state index in [1.165, 1.54) is 16.9 Å². The van der Waals surface area contributed by atoms with Crippen molar-refractivity contribution in [2.24, 2.45) is 0 Å². The molecular weight excluding hydrogens is 234 g/mol. The number of aromatic nitrogens is 1. The minimum absolute atomic E-state index is 0.565. The first kappa shape index (κ1) is 10.5. The minimum atomic E-state index is -0.727. The molecule has 1 unspecified atom stereocenters. The van der Waals surface area contributed by atoms with Crippen LogP contribution in [0.1, 0.15) is 22.3 Å². The lowest BCUT2D eigenvalue weighted by Crippen LogP contribution is -1.94. The van der Waals surface area contributed by atoms with Gasteiger partial charge in [-0.1, -0.05) is 11.6 Å². The van der Waals surface area contributed by atoms with Crippen molar-refractivity contribution in [2.45, 2.75) is 13.0 Å². The van der Waals surface area contributed by atoms with Crippen molar-refractivity contribution in [3.05, 3.63) is 52.2 Å². The van der Waals surface area contributed by atoms with Gasteiger partial charge >= 0.3 is 0 Å². The summed E-state index contributed by atoms with van der Waals surface area (Å²) in [6.07, 6.45) is 0.934. The van der Waals surface area contributed by atoms with E-state index < -0.39 is 6.10 Å². The molecule has 0 spiro atoms. The first-order valence-corrected chi connectivity index (χ1v) is 6.18. The molecule has 0 aliphatic heterocycles. The molecule has 3 rings (SSSR count). The standard InChI is InChI=1S/C13H11NO2S/c1-8-2-3-10-9(4-8)5-11(16-10)13(15)12-6-14-7-17-12/h2-7,13,15H,1H3. The summed E-state index contributed by atoms with van der Waals surface area (Å²) in [5, 5.41) is 11.1. The van der Waals surface area contributed by atoms with Gasteiger partial charge in [0.1, 0.15) is 17.4 Å². The summed E-state index contributed by atoms with van der Waals surface area (Å²) < 4.78 is 5.64. The summed E-state index contributed by atoms with van der Waals surface area (Å²) in [5.41, 5.74) is 3.68. The van der Waals surface area contributed by atoms with Crippen LogP contribution in [0.4, 0.5) is 0 Å². The number of benzene rings is 1. The Bertz CT molecular complexity index is 643. The fourth-order valence-corrected chi connectivity index (χ4v) is 2.43. The normalized spacial score (nSPS) is 13.1. The van der Waals surface area contributed by atoms with E-state index in [4.69, 9.17) is 4.42 Å². The summed E-state index contributed by atoms with van der Waals surface area (Å²) in [6.45, 7) is 2.03. The van der Waals surface area contributed by atoms with Crippen LogP contribution in [0.2, 0.25) is 0 Å². The van der Waals surface area contributed by atoms with E-state index in [9.17, 15) is 5.11 Å². The van der Waals surface area contributed by atoms with Gasteiger partial charge in [0.25, 0.3) is 0 Å². The van der Waals surface area contributed by atoms with Crippen LogP contribution >= 0.6 is 11.3 Å². The molecule has 0 saturated heterocycles. The molecule has 2 aromatic heterocycles. The number of aliphatic hydroxyl groups is 1. The van der Waals surface area contributed by atoms with E-state index in [0.717, 1.165) is 15.8 Å². The lowest BCUT2D eigenvalue weighted by Gasteiger charge is -2.02. The molecule has 0 amide bonds. The quantitative estimate of drug-likeness (QED) is 0.753. The second kappa shape index (κ2) is 3.98. The third-order valence-corrected chi connectivity index (χ3v) is 3.51. The zero-order chi connectivity index (χ0) is 11.8. The van der Waals surface area contributed by atoms with Crippen LogP contribution in [-0.4, -0.2) is 10.1 Å². The Labute approximate surface area is 102 Å². The number of aliphatic hydroxyl groups excluding tert-OH is 1. The zero-order valence-electron chi connectivity index (χ0n) is 9.25. The molecule has 1 atom stereocenters. The van der Waals surface area contributed by atoms with Gasteiger partial charge in [-0.25, -0.2) is 0 Å². The fourth-order valence-electron chi connectivity index (χ4n) is 1.82. The third-order valence-electron chi connectivity index (χ3n) is 2.68. The van der Waals surface area contributed by atoms with Gasteiger partial charge in [0, 0.05) is 11.6 Å². The lowest BCUT2D eigenvalue weighted by molar-refractivity contribution is 0.195. The molecule has 0 bridgehead atoms. The number of thiazole rings is 1. The van der Waals surface area contributed by atoms with Crippen LogP contribution in [0, 0.1) is 6.92 Å². The van der Waals surface area contributed by atoms with E-state index in [0.29, 0.717) is 5.76 Å². The first-order valence-electron chi connectivity index (χ1n) is 5.30. The summed E-state index contributed by atoms with van der Waals surface area (Å²) in [6, 6.07) is 7.84. The van der Waals surface area contributed by atoms with Crippen molar-refractivity contribution in [3.63, 3.8) is 0 Å². The molecule has 1 N–H and O–H groups in total. The smallest absolute Gasteiger partial charge is 0.147 e. The van der Waals surface area contributed by atoms with Gasteiger partial charge in [-0.05, 0) is 25.1 Å². The van der Waals surface area contributed by atoms with Crippen LogP contribution in [0.15, 0.2) is 40.4 Å². The molecule has 0 aliphatic rings. The van der Waals surface area contributed by atoms with Crippen LogP contribution in [-0.2, 0) is 0 Å². The van der Waals surface area contributed by atoms with Gasteiger partial charge in [-0.15, -0.1) is 11.3 Å². The maximum atomic E-state index is 10.1. The van der Waals surface area contributed by atoms with Crippen LogP contribution in [0.25, 0.3) is 11.0 Å². The van der Waals surface area contributed by atoms with Crippen LogP contribution < -0.4 is 0 Å². The highest BCUT2D eigenvalue weighted by Gasteiger charge is 2.16. The van der Waals surface area contributed by atoms with Gasteiger partial charge in [0.05, 0.1) is 10.4 Å². The van der Waals surface area contributed by atoms with Crippen molar-refractivity contribution in [1.82, 2.24) is 4.98 Å². The minimum Gasteiger partial charge on any atom is -0.458 e. The third kappa shape index (κ3) is 1.85. The fraction of sp³-hybridized carbons (Fsp3) is 0.154. The molecule has 3 nitrogen and oxygen atoms in total. The van der Waals surface area contributed by atoms with Crippen molar-refractivity contribution < 1.29 is 9.52 Å². The number of nitrogens with zero attached hydrogens (tertiary/aromatic N) is 1. The van der Waals surface area contributed by atoms with Crippen molar-refractivity contribution >= 4 is 22.3 Å². The summed E-state index contributed by atoms with van der Waals surface area (Å²) >= 11 is 1.42. The van der Waals surface area contributed by atoms with E-state index in [-0.39, 0.29) is 0 Å². The molecule has 86 valence electrons. The molecule has 0 saturated carbocycles. The Hall–Kier alpha value is -1.65. The maximum Gasteiger partial charge on any atom is 0.147 e. The second-order valence-corrected chi connectivity index (χ2v) is 4.91. The van der Waals surface area contributed by atoms with Crippen LogP contribution in [0.3, 0.4) is 0 Å². The lowest BCUT2D eigenvalue weighted by atomic mass is 10.1. The maximum absolute atomic E-state index is 10.1. The topological polar surface area (TPSA) is 46.3 Å². The molecule has 2 heterocycles. The number of fused-ring (bicyclic) bond motifs is 1. The molecule has 4 heteroatoms. The van der Waals surface area contributed by atoms with Crippen molar-refractivity contribution in [2.75, 3.05) is 0 Å². The monoisotopic (exact) mass is 245 g/mol. The second-order valence-electron chi connectivity index (χ2n) is 4.00. The van der Waals surface area contributed by atoms with Crippen molar-refractivity contribution in [3.8, 4) is 0 Å². The van der Waals surface area contributed by atoms with Crippen LogP contribution in [0.5, 0.6) is 0 Å². The summed E-state index contributed by atoms with van der Waals surface area (Å²) in [5.74, 6) is 0.565. The highest BCUT2D eigenvalue weighted by Crippen LogP contribution is 2.30. The van der Waals surface area contributed by atoms with Gasteiger partial charge in [-0.2, -0.15) is 0 Å². The zero-order valence-corrected chi connectivity index (χ0v) is 10.1. The Morgan fingerprint density at radius 1 is 1.35 bits per heavy atom. The van der Waals surface area contributed by atoms with E-state index in [1.807, 2.05) is 31.2 Å². The predicted octanol–water partition coefficient (Wildman–Crippen LogP) is 3.28. The van der Waals surface area contributed by atoms with E-state index in [2.05, 4.69) is 4.98 Å². The Balaban J connectivity index is 2.06. The Morgan fingerprint density at radius 3 is 3.00 bits per heavy atom. The van der Waals surface area contributed by atoms with E-state index in [1.54, 1.807) is 11.7 Å². The molecule has 0 aliphatic carbocycles. The number of furan rings is 1. The average molecular weight is 245 g/mol. The highest BCUT2D eigenvalue weighted by atomic mass is 32.1. The average Bonchev–Trinajstić information content (AvgIpc) is 2.96. The van der Waals surface area contributed by atoms with Gasteiger partial charge in [0.15, 0.2) is 0 Å². The molecule has 0 fully saturated rings. The summed E-state index contributed by atoms with van der Waals surface area (Å²) in [4.78, 5) is 4.75. The van der Waals surface area contributed by atoms with Crippen molar-refractivity contribution in [1.29, 1.82) is 0 Å². The highest BCUT2D eigenvalue weighted by molar-refractivity contribution is 7.09. The molecular formula is C13H11NO2S. The molecule has 1 aromatic carbocycles. The number of hydrogen-bond acceptors (Lipinski definition) is 4. The van der Waals surface area contributed by atoms with E-state index >= 15 is 0 Å². The number of rotatable bonds is 2. The first-order chi connectivity index (χ1) is 8.24. The summed E-state index contributed by atoms with van der Waals surface area (Å²) in [7, 11) is 0. The van der Waals surface area contributed by atoms with Gasteiger partial charge in [-0.3, -0.25) is 4.98 Å². The number of aryl methyl sites for hydroxylation is 1. The number of hydrogen-bond donors (Lipinski definition) is 1. The molecule has 3 aromatic rings. The van der Waals surface area contributed by atoms with Gasteiger partial charge < -0.3 is 9.52 Å². The molecule has 0 radical (unpaired) electrons. The van der Waals surface area contributed by atoms with Gasteiger partial charge in [0.2, 0.25) is 0 Å². The predicted molar refractivity (Wildman–Crippen MR) is 67.1 cm³/mol.